The first-order valence-corrected chi connectivity index (χ1v) is 7.61. The average Bonchev–Trinajstić information content (AvgIpc) is 3.18. The highest BCUT2D eigenvalue weighted by Gasteiger charge is 2.34. The molecule has 1 aromatic carbocycles. The second kappa shape index (κ2) is 6.59. The molecule has 0 atom stereocenters. The molecule has 0 unspecified atom stereocenters. The molecule has 0 spiro atoms. The lowest BCUT2D eigenvalue weighted by molar-refractivity contribution is -0.144. The highest BCUT2D eigenvalue weighted by molar-refractivity contribution is 9.10. The first-order chi connectivity index (χ1) is 9.51. The fourth-order valence-electron chi connectivity index (χ4n) is 1.94. The predicted octanol–water partition coefficient (Wildman–Crippen LogP) is 3.27. The lowest BCUT2D eigenvalue weighted by Gasteiger charge is -2.21. The van der Waals surface area contributed by atoms with Crippen LogP contribution >= 0.6 is 27.5 Å². The minimum Gasteiger partial charge on any atom is -0.465 e. The monoisotopic (exact) mass is 359 g/mol. The number of hydrogen-bond acceptors (Lipinski definition) is 3. The summed E-state index contributed by atoms with van der Waals surface area (Å²) in [5.74, 6) is -0.572. The maximum atomic E-state index is 12.5. The van der Waals surface area contributed by atoms with Crippen molar-refractivity contribution in [2.75, 3.05) is 13.2 Å². The van der Waals surface area contributed by atoms with Gasteiger partial charge >= 0.3 is 5.97 Å². The number of nitrogens with zero attached hydrogens (tertiary/aromatic N) is 1. The van der Waals surface area contributed by atoms with E-state index in [4.69, 9.17) is 16.3 Å². The molecule has 6 heteroatoms. The van der Waals surface area contributed by atoms with Crippen LogP contribution in [-0.4, -0.2) is 36.0 Å². The molecule has 1 aromatic rings. The van der Waals surface area contributed by atoms with Crippen LogP contribution in [-0.2, 0) is 9.53 Å². The second-order valence-corrected chi connectivity index (χ2v) is 5.98. The Kier molecular flexibility index (Phi) is 5.05. The van der Waals surface area contributed by atoms with Crippen LogP contribution in [0, 0.1) is 0 Å². The van der Waals surface area contributed by atoms with Gasteiger partial charge in [0.1, 0.15) is 6.54 Å². The third-order valence-electron chi connectivity index (χ3n) is 2.96. The number of halogens is 2. The molecule has 1 amide bonds. The van der Waals surface area contributed by atoms with E-state index in [0.29, 0.717) is 17.2 Å². The lowest BCUT2D eigenvalue weighted by atomic mass is 10.2. The molecular weight excluding hydrogens is 346 g/mol. The predicted molar refractivity (Wildman–Crippen MR) is 79.8 cm³/mol. The molecule has 1 aliphatic carbocycles. The van der Waals surface area contributed by atoms with E-state index < -0.39 is 0 Å². The van der Waals surface area contributed by atoms with Crippen molar-refractivity contribution in [3.63, 3.8) is 0 Å². The van der Waals surface area contributed by atoms with Gasteiger partial charge in [-0.3, -0.25) is 9.59 Å². The van der Waals surface area contributed by atoms with Gasteiger partial charge in [0.15, 0.2) is 0 Å². The topological polar surface area (TPSA) is 46.6 Å². The van der Waals surface area contributed by atoms with Crippen molar-refractivity contribution in [3.05, 3.63) is 33.3 Å². The molecule has 0 saturated heterocycles. The largest absolute Gasteiger partial charge is 0.465 e. The van der Waals surface area contributed by atoms with Crippen LogP contribution in [0.5, 0.6) is 0 Å². The van der Waals surface area contributed by atoms with Gasteiger partial charge in [0.2, 0.25) is 0 Å². The van der Waals surface area contributed by atoms with Crippen LogP contribution in [0.15, 0.2) is 22.7 Å². The summed E-state index contributed by atoms with van der Waals surface area (Å²) in [6.07, 6.45) is 1.85. The third-order valence-corrected chi connectivity index (χ3v) is 3.64. The van der Waals surface area contributed by atoms with E-state index in [1.165, 1.54) is 0 Å². The molecule has 0 heterocycles. The highest BCUT2D eigenvalue weighted by Crippen LogP contribution is 2.29. The number of ether oxygens (including phenoxy) is 1. The van der Waals surface area contributed by atoms with Gasteiger partial charge < -0.3 is 9.64 Å². The molecule has 2 rings (SSSR count). The molecule has 0 N–H and O–H groups in total. The summed E-state index contributed by atoms with van der Waals surface area (Å²) in [5.41, 5.74) is 0.473. The lowest BCUT2D eigenvalue weighted by Crippen LogP contribution is -2.38. The summed E-state index contributed by atoms with van der Waals surface area (Å²) < 4.78 is 5.65. The highest BCUT2D eigenvalue weighted by atomic mass is 79.9. The molecule has 1 aliphatic rings. The Balaban J connectivity index is 2.16. The minimum absolute atomic E-state index is 0.0124. The van der Waals surface area contributed by atoms with E-state index in [-0.39, 0.29) is 24.5 Å². The number of amides is 1. The standard InChI is InChI=1S/C14H15BrClNO3/c1-2-20-13(18)8-17(12-3-4-12)14(19)9-5-10(15)7-11(16)6-9/h5-7,12H,2-4,8H2,1H3. The van der Waals surface area contributed by atoms with Gasteiger partial charge in [-0.1, -0.05) is 27.5 Å². The van der Waals surface area contributed by atoms with Gasteiger partial charge in [0.05, 0.1) is 6.61 Å². The quantitative estimate of drug-likeness (QED) is 0.757. The Morgan fingerprint density at radius 2 is 2.10 bits per heavy atom. The van der Waals surface area contributed by atoms with Gasteiger partial charge in [-0.2, -0.15) is 0 Å². The molecular formula is C14H15BrClNO3. The molecule has 0 bridgehead atoms. The molecule has 0 radical (unpaired) electrons. The van der Waals surface area contributed by atoms with Crippen molar-refractivity contribution in [2.24, 2.45) is 0 Å². The van der Waals surface area contributed by atoms with E-state index in [2.05, 4.69) is 15.9 Å². The second-order valence-electron chi connectivity index (χ2n) is 4.63. The molecule has 1 saturated carbocycles. The van der Waals surface area contributed by atoms with Crippen molar-refractivity contribution in [3.8, 4) is 0 Å². The van der Waals surface area contributed by atoms with Crippen molar-refractivity contribution in [1.82, 2.24) is 4.90 Å². The van der Waals surface area contributed by atoms with Gasteiger partial charge in [-0.25, -0.2) is 0 Å². The Morgan fingerprint density at radius 1 is 1.40 bits per heavy atom. The van der Waals surface area contributed by atoms with Crippen LogP contribution < -0.4 is 0 Å². The van der Waals surface area contributed by atoms with E-state index in [9.17, 15) is 9.59 Å². The smallest absolute Gasteiger partial charge is 0.325 e. The summed E-state index contributed by atoms with van der Waals surface area (Å²) >= 11 is 9.27. The van der Waals surface area contributed by atoms with Crippen molar-refractivity contribution in [2.45, 2.75) is 25.8 Å². The maximum Gasteiger partial charge on any atom is 0.325 e. The molecule has 0 aliphatic heterocycles. The average molecular weight is 361 g/mol. The Hall–Kier alpha value is -1.07. The normalized spacial score (nSPS) is 13.9. The first kappa shape index (κ1) is 15.3. The van der Waals surface area contributed by atoms with Crippen LogP contribution in [0.4, 0.5) is 0 Å². The van der Waals surface area contributed by atoms with Crippen molar-refractivity contribution >= 4 is 39.4 Å². The number of carbonyl (C=O) groups is 2. The van der Waals surface area contributed by atoms with Gasteiger partial charge in [-0.05, 0) is 38.0 Å². The number of hydrogen-bond donors (Lipinski definition) is 0. The third kappa shape index (κ3) is 3.96. The Bertz CT molecular complexity index is 511. The SMILES string of the molecule is CCOC(=O)CN(C(=O)c1cc(Cl)cc(Br)c1)C1CC1. The molecule has 4 nitrogen and oxygen atoms in total. The summed E-state index contributed by atoms with van der Waals surface area (Å²) in [5, 5.41) is 0.481. The van der Waals surface area contributed by atoms with E-state index in [1.807, 2.05) is 0 Å². The van der Waals surface area contributed by atoms with Crippen LogP contribution in [0.1, 0.15) is 30.1 Å². The van der Waals surface area contributed by atoms with Crippen LogP contribution in [0.25, 0.3) is 0 Å². The zero-order chi connectivity index (χ0) is 14.7. The first-order valence-electron chi connectivity index (χ1n) is 6.44. The van der Waals surface area contributed by atoms with E-state index >= 15 is 0 Å². The van der Waals surface area contributed by atoms with Gasteiger partial charge in [0, 0.05) is 21.1 Å². The summed E-state index contributed by atoms with van der Waals surface area (Å²) in [4.78, 5) is 25.7. The number of esters is 1. The molecule has 0 aromatic heterocycles. The van der Waals surface area contributed by atoms with Crippen molar-refractivity contribution in [1.29, 1.82) is 0 Å². The maximum absolute atomic E-state index is 12.5. The minimum atomic E-state index is -0.381. The van der Waals surface area contributed by atoms with E-state index in [0.717, 1.165) is 17.3 Å². The summed E-state index contributed by atoms with van der Waals surface area (Å²) in [7, 11) is 0. The number of rotatable bonds is 5. The zero-order valence-corrected chi connectivity index (χ0v) is 13.4. The Morgan fingerprint density at radius 3 is 2.65 bits per heavy atom. The van der Waals surface area contributed by atoms with Crippen LogP contribution in [0.2, 0.25) is 5.02 Å². The molecule has 1 fully saturated rings. The molecule has 108 valence electrons. The van der Waals surface area contributed by atoms with Gasteiger partial charge in [0.25, 0.3) is 5.91 Å². The number of carbonyl (C=O) groups excluding carboxylic acids is 2. The summed E-state index contributed by atoms with van der Waals surface area (Å²) in [6, 6.07) is 5.15. The fourth-order valence-corrected chi connectivity index (χ4v) is 2.80. The van der Waals surface area contributed by atoms with Gasteiger partial charge in [-0.15, -0.1) is 0 Å². The fraction of sp³-hybridized carbons (Fsp3) is 0.429. The molecule has 20 heavy (non-hydrogen) atoms. The number of benzene rings is 1. The summed E-state index contributed by atoms with van der Waals surface area (Å²) in [6.45, 7) is 2.05. The van der Waals surface area contributed by atoms with Crippen LogP contribution in [0.3, 0.4) is 0 Å². The van der Waals surface area contributed by atoms with Crippen molar-refractivity contribution < 1.29 is 14.3 Å². The van der Waals surface area contributed by atoms with E-state index in [1.54, 1.807) is 30.0 Å². The Labute approximate surface area is 131 Å². The zero-order valence-electron chi connectivity index (χ0n) is 11.1.